The van der Waals surface area contributed by atoms with Crippen molar-refractivity contribution in [2.24, 2.45) is 0 Å². The second-order valence-electron chi connectivity index (χ2n) is 4.29. The minimum Gasteiger partial charge on any atom is -0.494 e. The molecule has 1 unspecified atom stereocenters. The lowest BCUT2D eigenvalue weighted by Gasteiger charge is -2.13. The van der Waals surface area contributed by atoms with Crippen LogP contribution in [-0.2, 0) is 6.42 Å². The Bertz CT molecular complexity index is 572. The number of aromatic nitrogens is 1. The van der Waals surface area contributed by atoms with Gasteiger partial charge in [-0.05, 0) is 23.3 Å². The summed E-state index contributed by atoms with van der Waals surface area (Å²) < 4.78 is 23.9. The van der Waals surface area contributed by atoms with Gasteiger partial charge in [-0.1, -0.05) is 12.1 Å². The third-order valence-corrected chi connectivity index (χ3v) is 3.03. The van der Waals surface area contributed by atoms with Gasteiger partial charge in [-0.2, -0.15) is 0 Å². The van der Waals surface area contributed by atoms with Crippen molar-refractivity contribution in [2.45, 2.75) is 12.5 Å². The summed E-state index contributed by atoms with van der Waals surface area (Å²) >= 11 is 0. The van der Waals surface area contributed by atoms with Gasteiger partial charge >= 0.3 is 0 Å². The Morgan fingerprint density at radius 3 is 2.60 bits per heavy atom. The molecule has 2 aromatic rings. The molecule has 0 saturated carbocycles. The maximum atomic E-state index is 14.0. The third kappa shape index (κ3) is 3.05. The van der Waals surface area contributed by atoms with Crippen LogP contribution in [0.5, 0.6) is 11.6 Å². The van der Waals surface area contributed by atoms with E-state index < -0.39 is 11.9 Å². The minimum absolute atomic E-state index is 0.150. The molecule has 0 spiro atoms. The number of rotatable bonds is 5. The van der Waals surface area contributed by atoms with E-state index in [1.807, 2.05) is 0 Å². The van der Waals surface area contributed by atoms with E-state index in [1.165, 1.54) is 20.4 Å². The van der Waals surface area contributed by atoms with Gasteiger partial charge in [-0.3, -0.25) is 0 Å². The van der Waals surface area contributed by atoms with Gasteiger partial charge in [0.05, 0.1) is 20.3 Å². The Kier molecular flexibility index (Phi) is 4.53. The Hall–Kier alpha value is -2.14. The van der Waals surface area contributed by atoms with Gasteiger partial charge in [0.15, 0.2) is 11.6 Å². The lowest BCUT2D eigenvalue weighted by Crippen LogP contribution is -2.05. The van der Waals surface area contributed by atoms with E-state index >= 15 is 0 Å². The zero-order valence-electron chi connectivity index (χ0n) is 11.3. The topological polar surface area (TPSA) is 51.6 Å². The number of hydrogen-bond acceptors (Lipinski definition) is 4. The number of aliphatic hydroxyl groups is 1. The van der Waals surface area contributed by atoms with Crippen LogP contribution < -0.4 is 9.47 Å². The number of benzene rings is 1. The van der Waals surface area contributed by atoms with E-state index in [-0.39, 0.29) is 12.2 Å². The molecule has 1 heterocycles. The highest BCUT2D eigenvalue weighted by molar-refractivity contribution is 5.32. The number of nitrogens with zero attached hydrogens (tertiary/aromatic N) is 1. The van der Waals surface area contributed by atoms with Crippen molar-refractivity contribution in [3.05, 3.63) is 53.5 Å². The van der Waals surface area contributed by atoms with E-state index in [4.69, 9.17) is 9.47 Å². The maximum Gasteiger partial charge on any atom is 0.212 e. The Balaban J connectivity index is 2.16. The van der Waals surface area contributed by atoms with Crippen molar-refractivity contribution in [1.29, 1.82) is 0 Å². The second kappa shape index (κ2) is 6.34. The highest BCUT2D eigenvalue weighted by Gasteiger charge is 2.14. The maximum absolute atomic E-state index is 14.0. The molecule has 0 aliphatic heterocycles. The molecule has 0 aliphatic carbocycles. The van der Waals surface area contributed by atoms with Crippen LogP contribution in [-0.4, -0.2) is 24.3 Å². The molecule has 0 fully saturated rings. The molecule has 20 heavy (non-hydrogen) atoms. The van der Waals surface area contributed by atoms with Crippen molar-refractivity contribution < 1.29 is 19.0 Å². The van der Waals surface area contributed by atoms with Gasteiger partial charge in [0.2, 0.25) is 5.88 Å². The fourth-order valence-electron chi connectivity index (χ4n) is 1.91. The number of pyridine rings is 1. The normalized spacial score (nSPS) is 12.0. The number of ether oxygens (including phenoxy) is 2. The molecule has 1 aromatic carbocycles. The number of halogens is 1. The van der Waals surface area contributed by atoms with E-state index in [0.717, 1.165) is 0 Å². The molecular formula is C15H16FNO3. The fraction of sp³-hybridized carbons (Fsp3) is 0.267. The summed E-state index contributed by atoms with van der Waals surface area (Å²) in [4.78, 5) is 4.02. The van der Waals surface area contributed by atoms with Gasteiger partial charge in [-0.25, -0.2) is 9.37 Å². The quantitative estimate of drug-likeness (QED) is 0.912. The molecule has 106 valence electrons. The predicted molar refractivity (Wildman–Crippen MR) is 72.4 cm³/mol. The molecule has 5 heteroatoms. The summed E-state index contributed by atoms with van der Waals surface area (Å²) in [5.41, 5.74) is 1.00. The van der Waals surface area contributed by atoms with Crippen molar-refractivity contribution in [1.82, 2.24) is 4.98 Å². The molecule has 4 nitrogen and oxygen atoms in total. The molecule has 0 bridgehead atoms. The first kappa shape index (κ1) is 14.3. The van der Waals surface area contributed by atoms with E-state index in [2.05, 4.69) is 4.98 Å². The highest BCUT2D eigenvalue weighted by atomic mass is 19.1. The summed E-state index contributed by atoms with van der Waals surface area (Å²) in [6.45, 7) is 0. The van der Waals surface area contributed by atoms with Gasteiger partial charge in [0, 0.05) is 18.7 Å². The summed E-state index contributed by atoms with van der Waals surface area (Å²) in [6.07, 6.45) is 0.827. The molecule has 1 atom stereocenters. The lowest BCUT2D eigenvalue weighted by atomic mass is 10.0. The van der Waals surface area contributed by atoms with Crippen LogP contribution >= 0.6 is 0 Å². The summed E-state index contributed by atoms with van der Waals surface area (Å²) in [5, 5.41) is 10.1. The van der Waals surface area contributed by atoms with Crippen LogP contribution in [0.2, 0.25) is 0 Å². The molecule has 0 saturated heterocycles. The summed E-state index contributed by atoms with van der Waals surface area (Å²) in [7, 11) is 2.93. The van der Waals surface area contributed by atoms with Crippen LogP contribution in [0, 0.1) is 5.82 Å². The molecular weight excluding hydrogens is 261 g/mol. The van der Waals surface area contributed by atoms with Crippen LogP contribution in [0.1, 0.15) is 17.2 Å². The molecule has 2 rings (SSSR count). The summed E-state index contributed by atoms with van der Waals surface area (Å²) in [6, 6.07) is 8.21. The first-order chi connectivity index (χ1) is 9.65. The van der Waals surface area contributed by atoms with Gasteiger partial charge in [0.1, 0.15) is 0 Å². The lowest BCUT2D eigenvalue weighted by molar-refractivity contribution is 0.176. The molecule has 1 aromatic heterocycles. The standard InChI is InChI=1S/C15H16FNO3/c1-19-13-5-3-4-10(15(13)16)8-12(18)11-6-7-14(20-2)17-9-11/h3-7,9,12,18H,8H2,1-2H3. The number of methoxy groups -OCH3 is 2. The molecule has 0 amide bonds. The van der Waals surface area contributed by atoms with Crippen molar-refractivity contribution in [2.75, 3.05) is 14.2 Å². The zero-order valence-corrected chi connectivity index (χ0v) is 11.3. The van der Waals surface area contributed by atoms with Crippen molar-refractivity contribution in [3.63, 3.8) is 0 Å². The van der Waals surface area contributed by atoms with Gasteiger partial charge in [-0.15, -0.1) is 0 Å². The monoisotopic (exact) mass is 277 g/mol. The smallest absolute Gasteiger partial charge is 0.212 e. The largest absolute Gasteiger partial charge is 0.494 e. The molecule has 1 N–H and O–H groups in total. The van der Waals surface area contributed by atoms with E-state index in [9.17, 15) is 9.50 Å². The Morgan fingerprint density at radius 1 is 1.20 bits per heavy atom. The van der Waals surface area contributed by atoms with Crippen molar-refractivity contribution in [3.8, 4) is 11.6 Å². The van der Waals surface area contributed by atoms with Crippen LogP contribution in [0.15, 0.2) is 36.5 Å². The first-order valence-electron chi connectivity index (χ1n) is 6.15. The molecule has 0 aliphatic rings. The minimum atomic E-state index is -0.838. The van der Waals surface area contributed by atoms with Crippen molar-refractivity contribution >= 4 is 0 Å². The predicted octanol–water partition coefficient (Wildman–Crippen LogP) is 2.51. The SMILES string of the molecule is COc1ccc(C(O)Cc2cccc(OC)c2F)cn1. The van der Waals surface area contributed by atoms with Crippen LogP contribution in [0.3, 0.4) is 0 Å². The summed E-state index contributed by atoms with van der Waals surface area (Å²) in [5.74, 6) is 0.187. The molecule has 0 radical (unpaired) electrons. The first-order valence-corrected chi connectivity index (χ1v) is 6.15. The van der Waals surface area contributed by atoms with E-state index in [1.54, 1.807) is 30.3 Å². The number of hydrogen-bond donors (Lipinski definition) is 1. The van der Waals surface area contributed by atoms with Gasteiger partial charge < -0.3 is 14.6 Å². The zero-order chi connectivity index (χ0) is 14.5. The van der Waals surface area contributed by atoms with E-state index in [0.29, 0.717) is 17.0 Å². The van der Waals surface area contributed by atoms with Gasteiger partial charge in [0.25, 0.3) is 0 Å². The average molecular weight is 277 g/mol. The fourth-order valence-corrected chi connectivity index (χ4v) is 1.91. The highest BCUT2D eigenvalue weighted by Crippen LogP contribution is 2.25. The van der Waals surface area contributed by atoms with Crippen LogP contribution in [0.4, 0.5) is 4.39 Å². The Morgan fingerprint density at radius 2 is 2.00 bits per heavy atom. The third-order valence-electron chi connectivity index (χ3n) is 3.03. The number of aliphatic hydroxyl groups excluding tert-OH is 1. The average Bonchev–Trinajstić information content (AvgIpc) is 2.49. The second-order valence-corrected chi connectivity index (χ2v) is 4.29. The Labute approximate surface area is 116 Å². The van der Waals surface area contributed by atoms with Crippen LogP contribution in [0.25, 0.3) is 0 Å².